The average molecular weight is 551 g/mol. The standard InChI is InChI=1S/C35H54O3Si/c1-8-9-10-11-12-13-14-15-16-19-24-30(29-37-33(36)34(2,3)4)38-39(35(5,6)7,31-25-20-17-21-26-31)32-27-22-18-23-28-32/h16-23,25-28,30H,8-15,24,29H2,1-7H3/b19-16-/t30-/m0/s1. The maximum atomic E-state index is 12.7. The summed E-state index contributed by atoms with van der Waals surface area (Å²) < 4.78 is 13.2. The zero-order valence-electron chi connectivity index (χ0n) is 25.8. The summed E-state index contributed by atoms with van der Waals surface area (Å²) in [5, 5.41) is 2.34. The van der Waals surface area contributed by atoms with Crippen molar-refractivity contribution in [2.24, 2.45) is 5.41 Å². The molecule has 0 aliphatic rings. The van der Waals surface area contributed by atoms with E-state index in [9.17, 15) is 4.79 Å². The molecule has 0 saturated carbocycles. The molecule has 2 aromatic carbocycles. The molecule has 0 heterocycles. The van der Waals surface area contributed by atoms with Crippen molar-refractivity contribution in [1.29, 1.82) is 0 Å². The summed E-state index contributed by atoms with van der Waals surface area (Å²) in [5.74, 6) is -0.189. The molecule has 0 fully saturated rings. The maximum Gasteiger partial charge on any atom is 0.311 e. The highest BCUT2D eigenvalue weighted by Crippen LogP contribution is 2.38. The number of unbranched alkanes of at least 4 members (excludes halogenated alkanes) is 7. The Morgan fingerprint density at radius 1 is 0.769 bits per heavy atom. The van der Waals surface area contributed by atoms with Gasteiger partial charge in [0.25, 0.3) is 8.32 Å². The number of rotatable bonds is 16. The Balaban J connectivity index is 2.27. The monoisotopic (exact) mass is 550 g/mol. The molecule has 39 heavy (non-hydrogen) atoms. The topological polar surface area (TPSA) is 35.5 Å². The van der Waals surface area contributed by atoms with Gasteiger partial charge >= 0.3 is 5.97 Å². The summed E-state index contributed by atoms with van der Waals surface area (Å²) in [5.41, 5.74) is -0.547. The van der Waals surface area contributed by atoms with E-state index in [1.165, 1.54) is 55.3 Å². The van der Waals surface area contributed by atoms with Gasteiger partial charge in [-0.1, -0.05) is 139 Å². The molecule has 2 aromatic rings. The highest BCUT2D eigenvalue weighted by Gasteiger charge is 2.51. The van der Waals surface area contributed by atoms with Crippen LogP contribution in [0.2, 0.25) is 5.04 Å². The molecule has 216 valence electrons. The second-order valence-electron chi connectivity index (χ2n) is 12.9. The van der Waals surface area contributed by atoms with Crippen LogP contribution in [0.4, 0.5) is 0 Å². The Kier molecular flexibility index (Phi) is 13.7. The first-order valence-electron chi connectivity index (χ1n) is 15.1. The van der Waals surface area contributed by atoms with Crippen LogP contribution >= 0.6 is 0 Å². The quantitative estimate of drug-likeness (QED) is 0.0908. The lowest BCUT2D eigenvalue weighted by atomic mass is 9.97. The molecule has 0 radical (unpaired) electrons. The molecule has 0 bridgehead atoms. The van der Waals surface area contributed by atoms with Crippen LogP contribution in [0, 0.1) is 5.41 Å². The molecule has 0 unspecified atom stereocenters. The van der Waals surface area contributed by atoms with Crippen LogP contribution in [0.25, 0.3) is 0 Å². The minimum Gasteiger partial charge on any atom is -0.463 e. The van der Waals surface area contributed by atoms with Crippen molar-refractivity contribution < 1.29 is 14.0 Å². The molecule has 0 aromatic heterocycles. The summed E-state index contributed by atoms with van der Waals surface area (Å²) >= 11 is 0. The Hall–Kier alpha value is -2.17. The van der Waals surface area contributed by atoms with Gasteiger partial charge < -0.3 is 9.16 Å². The molecule has 0 aliphatic heterocycles. The molecule has 3 nitrogen and oxygen atoms in total. The van der Waals surface area contributed by atoms with Crippen molar-refractivity contribution >= 4 is 24.7 Å². The fraction of sp³-hybridized carbons (Fsp3) is 0.571. The summed E-state index contributed by atoms with van der Waals surface area (Å²) in [7, 11) is -2.75. The van der Waals surface area contributed by atoms with Gasteiger partial charge in [0.15, 0.2) is 0 Å². The zero-order valence-corrected chi connectivity index (χ0v) is 26.8. The predicted octanol–water partition coefficient (Wildman–Crippen LogP) is 8.61. The lowest BCUT2D eigenvalue weighted by Gasteiger charge is -2.45. The Morgan fingerprint density at radius 3 is 1.77 bits per heavy atom. The maximum absolute atomic E-state index is 12.7. The van der Waals surface area contributed by atoms with E-state index in [1.807, 2.05) is 20.8 Å². The van der Waals surface area contributed by atoms with E-state index in [1.54, 1.807) is 0 Å². The SMILES string of the molecule is CCCCCCCCC/C=C\C[C@@H](COC(=O)C(C)(C)C)O[Si](c1ccccc1)(c1ccccc1)C(C)(C)C. The van der Waals surface area contributed by atoms with Crippen molar-refractivity contribution in [2.75, 3.05) is 6.61 Å². The van der Waals surface area contributed by atoms with Crippen molar-refractivity contribution in [3.63, 3.8) is 0 Å². The van der Waals surface area contributed by atoms with E-state index in [-0.39, 0.29) is 23.7 Å². The largest absolute Gasteiger partial charge is 0.463 e. The number of hydrogen-bond acceptors (Lipinski definition) is 3. The van der Waals surface area contributed by atoms with Gasteiger partial charge in [0, 0.05) is 0 Å². The first kappa shape index (κ1) is 33.0. The van der Waals surface area contributed by atoms with Gasteiger partial charge in [-0.2, -0.15) is 0 Å². The molecule has 4 heteroatoms. The summed E-state index contributed by atoms with van der Waals surface area (Å²) in [6.45, 7) is 15.1. The Morgan fingerprint density at radius 2 is 1.28 bits per heavy atom. The number of allylic oxidation sites excluding steroid dienone is 1. The van der Waals surface area contributed by atoms with Crippen LogP contribution in [-0.4, -0.2) is 27.0 Å². The molecule has 0 saturated heterocycles. The normalized spacial score (nSPS) is 13.5. The van der Waals surface area contributed by atoms with Gasteiger partial charge in [0.2, 0.25) is 0 Å². The van der Waals surface area contributed by atoms with Crippen LogP contribution in [0.5, 0.6) is 0 Å². The third kappa shape index (κ3) is 10.4. The number of benzene rings is 2. The van der Waals surface area contributed by atoms with Crippen LogP contribution in [0.1, 0.15) is 106 Å². The van der Waals surface area contributed by atoms with Gasteiger partial charge in [0.1, 0.15) is 6.61 Å². The van der Waals surface area contributed by atoms with Crippen molar-refractivity contribution in [2.45, 2.75) is 117 Å². The van der Waals surface area contributed by atoms with E-state index in [2.05, 4.69) is 101 Å². The minimum atomic E-state index is -2.75. The van der Waals surface area contributed by atoms with Gasteiger partial charge in [0.05, 0.1) is 11.5 Å². The van der Waals surface area contributed by atoms with E-state index in [0.717, 1.165) is 12.8 Å². The Labute approximate surface area is 240 Å². The summed E-state index contributed by atoms with van der Waals surface area (Å²) in [4.78, 5) is 12.7. The minimum absolute atomic E-state index is 0.135. The van der Waals surface area contributed by atoms with Gasteiger partial charge in [-0.15, -0.1) is 0 Å². The van der Waals surface area contributed by atoms with Crippen LogP contribution in [0.3, 0.4) is 0 Å². The summed E-state index contributed by atoms with van der Waals surface area (Å²) in [6, 6.07) is 21.4. The fourth-order valence-electron chi connectivity index (χ4n) is 5.06. The van der Waals surface area contributed by atoms with E-state index in [4.69, 9.17) is 9.16 Å². The highest BCUT2D eigenvalue weighted by atomic mass is 28.4. The van der Waals surface area contributed by atoms with Gasteiger partial charge in [-0.3, -0.25) is 4.79 Å². The lowest BCUT2D eigenvalue weighted by molar-refractivity contribution is -0.155. The van der Waals surface area contributed by atoms with Crippen molar-refractivity contribution in [1.82, 2.24) is 0 Å². The van der Waals surface area contributed by atoms with Crippen molar-refractivity contribution in [3.8, 4) is 0 Å². The average Bonchev–Trinajstić information content (AvgIpc) is 2.90. The molecular weight excluding hydrogens is 496 g/mol. The first-order valence-corrected chi connectivity index (χ1v) is 17.0. The zero-order chi connectivity index (χ0) is 28.8. The van der Waals surface area contributed by atoms with Crippen LogP contribution < -0.4 is 10.4 Å². The van der Waals surface area contributed by atoms with Crippen LogP contribution in [-0.2, 0) is 14.0 Å². The second kappa shape index (κ2) is 16.2. The third-order valence-corrected chi connectivity index (χ3v) is 12.4. The highest BCUT2D eigenvalue weighted by molar-refractivity contribution is 6.99. The van der Waals surface area contributed by atoms with E-state index >= 15 is 0 Å². The van der Waals surface area contributed by atoms with E-state index < -0.39 is 13.7 Å². The molecular formula is C35H54O3Si. The van der Waals surface area contributed by atoms with Crippen LogP contribution in [0.15, 0.2) is 72.8 Å². The Bertz CT molecular complexity index is 931. The number of esters is 1. The van der Waals surface area contributed by atoms with E-state index in [0.29, 0.717) is 0 Å². The van der Waals surface area contributed by atoms with Gasteiger partial charge in [-0.05, 0) is 55.4 Å². The molecule has 2 rings (SSSR count). The van der Waals surface area contributed by atoms with Gasteiger partial charge in [-0.25, -0.2) is 0 Å². The molecule has 0 spiro atoms. The molecule has 0 amide bonds. The first-order chi connectivity index (χ1) is 18.5. The molecule has 0 N–H and O–H groups in total. The molecule has 0 aliphatic carbocycles. The fourth-order valence-corrected chi connectivity index (χ4v) is 9.74. The van der Waals surface area contributed by atoms with Crippen molar-refractivity contribution in [3.05, 3.63) is 72.8 Å². The second-order valence-corrected chi connectivity index (χ2v) is 17.1. The summed E-state index contributed by atoms with van der Waals surface area (Å²) in [6.07, 6.45) is 15.3. The number of carbonyl (C=O) groups excluding carboxylic acids is 1. The number of hydrogen-bond donors (Lipinski definition) is 0. The predicted molar refractivity (Wildman–Crippen MR) is 169 cm³/mol. The smallest absolute Gasteiger partial charge is 0.311 e. The third-order valence-electron chi connectivity index (χ3n) is 7.31. The number of ether oxygens (including phenoxy) is 1. The number of carbonyl (C=O) groups is 1. The lowest BCUT2D eigenvalue weighted by Crippen LogP contribution is -2.68. The molecule has 1 atom stereocenters.